The zero-order valence-corrected chi connectivity index (χ0v) is 14.4. The van der Waals surface area contributed by atoms with Crippen LogP contribution in [-0.4, -0.2) is 48.3 Å². The van der Waals surface area contributed by atoms with Crippen LogP contribution in [0.1, 0.15) is 37.7 Å². The molecule has 0 unspecified atom stereocenters. The van der Waals surface area contributed by atoms with Crippen molar-refractivity contribution in [2.24, 2.45) is 5.92 Å². The number of nitrogens with one attached hydrogen (secondary N) is 1. The quantitative estimate of drug-likeness (QED) is 0.865. The van der Waals surface area contributed by atoms with Crippen LogP contribution >= 0.6 is 0 Å². The van der Waals surface area contributed by atoms with E-state index in [4.69, 9.17) is 4.74 Å². The van der Waals surface area contributed by atoms with Crippen LogP contribution in [0.3, 0.4) is 0 Å². The maximum Gasteiger partial charge on any atom is 0.223 e. The van der Waals surface area contributed by atoms with Crippen molar-refractivity contribution in [1.29, 1.82) is 0 Å². The number of nitrogens with zero attached hydrogens (tertiary/aromatic N) is 1. The fourth-order valence-corrected chi connectivity index (χ4v) is 3.51. The van der Waals surface area contributed by atoms with Crippen molar-refractivity contribution < 1.29 is 14.6 Å². The Balaban J connectivity index is 1.43. The first-order valence-electron chi connectivity index (χ1n) is 9.00. The summed E-state index contributed by atoms with van der Waals surface area (Å²) in [5.74, 6) is 0.920. The van der Waals surface area contributed by atoms with E-state index in [-0.39, 0.29) is 17.9 Å². The molecule has 2 aliphatic rings. The molecule has 2 fully saturated rings. The molecular weight excluding hydrogens is 304 g/mol. The summed E-state index contributed by atoms with van der Waals surface area (Å²) in [6.07, 6.45) is 4.26. The van der Waals surface area contributed by atoms with Crippen molar-refractivity contribution in [1.82, 2.24) is 10.2 Å². The van der Waals surface area contributed by atoms with E-state index >= 15 is 0 Å². The lowest BCUT2D eigenvalue weighted by Gasteiger charge is -2.29. The van der Waals surface area contributed by atoms with E-state index in [2.05, 4.69) is 17.3 Å². The maximum atomic E-state index is 12.1. The molecule has 3 rings (SSSR count). The van der Waals surface area contributed by atoms with Gasteiger partial charge in [-0.25, -0.2) is 0 Å². The molecule has 0 radical (unpaired) electrons. The molecule has 1 amide bonds. The van der Waals surface area contributed by atoms with Crippen molar-refractivity contribution >= 4 is 5.91 Å². The summed E-state index contributed by atoms with van der Waals surface area (Å²) in [5.41, 5.74) is 1.07. The fourth-order valence-electron chi connectivity index (χ4n) is 3.51. The summed E-state index contributed by atoms with van der Waals surface area (Å²) in [5, 5.41) is 12.5. The molecule has 1 saturated heterocycles. The second-order valence-corrected chi connectivity index (χ2v) is 7.15. The predicted octanol–water partition coefficient (Wildman–Crippen LogP) is 1.94. The van der Waals surface area contributed by atoms with Crippen LogP contribution in [-0.2, 0) is 11.3 Å². The Kier molecular flexibility index (Phi) is 5.74. The first-order valence-corrected chi connectivity index (χ1v) is 9.00. The monoisotopic (exact) mass is 332 g/mol. The SMILES string of the molecule is CN1CCC(Oc2ccc(CNC(=O)[C@@H]3CC[C@@H](O)C3)cc2)CC1. The van der Waals surface area contributed by atoms with Crippen molar-refractivity contribution in [3.63, 3.8) is 0 Å². The molecule has 0 aromatic heterocycles. The van der Waals surface area contributed by atoms with Gasteiger partial charge in [0.2, 0.25) is 5.91 Å². The zero-order chi connectivity index (χ0) is 16.9. The number of piperidine rings is 1. The van der Waals surface area contributed by atoms with Crippen LogP contribution in [0.15, 0.2) is 24.3 Å². The van der Waals surface area contributed by atoms with Gasteiger partial charge in [0, 0.05) is 25.6 Å². The molecule has 5 nitrogen and oxygen atoms in total. The number of aliphatic hydroxyl groups is 1. The normalized spacial score (nSPS) is 25.6. The van der Waals surface area contributed by atoms with Crippen LogP contribution in [0.2, 0.25) is 0 Å². The lowest BCUT2D eigenvalue weighted by atomic mass is 10.1. The van der Waals surface area contributed by atoms with Crippen LogP contribution in [0.25, 0.3) is 0 Å². The summed E-state index contributed by atoms with van der Waals surface area (Å²) < 4.78 is 6.04. The van der Waals surface area contributed by atoms with Gasteiger partial charge in [0.15, 0.2) is 0 Å². The molecule has 1 saturated carbocycles. The minimum Gasteiger partial charge on any atom is -0.490 e. The molecule has 1 aromatic carbocycles. The standard InChI is InChI=1S/C19H28N2O3/c1-21-10-8-18(9-11-21)24-17-6-2-14(3-7-17)13-20-19(23)15-4-5-16(22)12-15/h2-3,6-7,15-16,18,22H,4-5,8-13H2,1H3,(H,20,23)/t15-,16-/m1/s1. The Morgan fingerprint density at radius 1 is 1.21 bits per heavy atom. The smallest absolute Gasteiger partial charge is 0.223 e. The van der Waals surface area contributed by atoms with E-state index in [1.54, 1.807) is 0 Å². The zero-order valence-electron chi connectivity index (χ0n) is 14.4. The van der Waals surface area contributed by atoms with E-state index < -0.39 is 0 Å². The Bertz CT molecular complexity index is 538. The van der Waals surface area contributed by atoms with Crippen LogP contribution in [0.4, 0.5) is 0 Å². The van der Waals surface area contributed by atoms with Gasteiger partial charge in [-0.3, -0.25) is 4.79 Å². The second kappa shape index (κ2) is 7.99. The molecule has 1 aromatic rings. The molecule has 1 heterocycles. The lowest BCUT2D eigenvalue weighted by Crippen LogP contribution is -2.35. The Labute approximate surface area is 144 Å². The molecular formula is C19H28N2O3. The summed E-state index contributed by atoms with van der Waals surface area (Å²) >= 11 is 0. The molecule has 132 valence electrons. The van der Waals surface area contributed by atoms with E-state index in [0.29, 0.717) is 19.1 Å². The topological polar surface area (TPSA) is 61.8 Å². The number of hydrogen-bond donors (Lipinski definition) is 2. The molecule has 1 aliphatic heterocycles. The highest BCUT2D eigenvalue weighted by Crippen LogP contribution is 2.25. The third-order valence-electron chi connectivity index (χ3n) is 5.13. The molecule has 1 aliphatic carbocycles. The van der Waals surface area contributed by atoms with Gasteiger partial charge in [-0.05, 0) is 56.8 Å². The fraction of sp³-hybridized carbons (Fsp3) is 0.632. The Hall–Kier alpha value is -1.59. The van der Waals surface area contributed by atoms with E-state index in [1.807, 2.05) is 24.3 Å². The molecule has 0 spiro atoms. The third kappa shape index (κ3) is 4.71. The van der Waals surface area contributed by atoms with Gasteiger partial charge in [0.25, 0.3) is 0 Å². The molecule has 0 bridgehead atoms. The summed E-state index contributed by atoms with van der Waals surface area (Å²) in [7, 11) is 2.14. The summed E-state index contributed by atoms with van der Waals surface area (Å²) in [6, 6.07) is 7.99. The second-order valence-electron chi connectivity index (χ2n) is 7.15. The number of amides is 1. The Morgan fingerprint density at radius 3 is 2.54 bits per heavy atom. The number of ether oxygens (including phenoxy) is 1. The van der Waals surface area contributed by atoms with E-state index in [0.717, 1.165) is 50.1 Å². The summed E-state index contributed by atoms with van der Waals surface area (Å²) in [4.78, 5) is 14.4. The molecule has 5 heteroatoms. The minimum atomic E-state index is -0.309. The lowest BCUT2D eigenvalue weighted by molar-refractivity contribution is -0.125. The van der Waals surface area contributed by atoms with Crippen molar-refractivity contribution in [3.05, 3.63) is 29.8 Å². The van der Waals surface area contributed by atoms with Crippen LogP contribution < -0.4 is 10.1 Å². The van der Waals surface area contributed by atoms with Gasteiger partial charge >= 0.3 is 0 Å². The van der Waals surface area contributed by atoms with Gasteiger partial charge in [0.05, 0.1) is 6.10 Å². The van der Waals surface area contributed by atoms with Gasteiger partial charge in [-0.15, -0.1) is 0 Å². The Morgan fingerprint density at radius 2 is 1.92 bits per heavy atom. The van der Waals surface area contributed by atoms with Gasteiger partial charge in [0.1, 0.15) is 11.9 Å². The number of rotatable bonds is 5. The molecule has 24 heavy (non-hydrogen) atoms. The predicted molar refractivity (Wildman–Crippen MR) is 92.8 cm³/mol. The van der Waals surface area contributed by atoms with Crippen LogP contribution in [0, 0.1) is 5.92 Å². The van der Waals surface area contributed by atoms with Gasteiger partial charge in [-0.1, -0.05) is 12.1 Å². The van der Waals surface area contributed by atoms with Gasteiger partial charge in [-0.2, -0.15) is 0 Å². The average molecular weight is 332 g/mol. The number of carbonyl (C=O) groups excluding carboxylic acids is 1. The van der Waals surface area contributed by atoms with E-state index in [1.165, 1.54) is 0 Å². The first-order chi connectivity index (χ1) is 11.6. The number of benzene rings is 1. The molecule has 2 atom stereocenters. The van der Waals surface area contributed by atoms with Crippen molar-refractivity contribution in [2.75, 3.05) is 20.1 Å². The third-order valence-corrected chi connectivity index (χ3v) is 5.13. The number of aliphatic hydroxyl groups excluding tert-OH is 1. The number of likely N-dealkylation sites (tertiary alicyclic amines) is 1. The number of hydrogen-bond acceptors (Lipinski definition) is 4. The summed E-state index contributed by atoms with van der Waals surface area (Å²) in [6.45, 7) is 2.70. The highest BCUT2D eigenvalue weighted by Gasteiger charge is 2.28. The van der Waals surface area contributed by atoms with Gasteiger partial charge < -0.3 is 20.1 Å². The van der Waals surface area contributed by atoms with Crippen LogP contribution in [0.5, 0.6) is 5.75 Å². The van der Waals surface area contributed by atoms with E-state index in [9.17, 15) is 9.90 Å². The molecule has 2 N–H and O–H groups in total. The first kappa shape index (κ1) is 17.2. The largest absolute Gasteiger partial charge is 0.490 e. The maximum absolute atomic E-state index is 12.1. The minimum absolute atomic E-state index is 0.0351. The van der Waals surface area contributed by atoms with Crippen molar-refractivity contribution in [2.45, 2.75) is 50.9 Å². The number of carbonyl (C=O) groups is 1. The highest BCUT2D eigenvalue weighted by molar-refractivity contribution is 5.78. The highest BCUT2D eigenvalue weighted by atomic mass is 16.5. The van der Waals surface area contributed by atoms with Crippen molar-refractivity contribution in [3.8, 4) is 5.75 Å². The average Bonchev–Trinajstić information content (AvgIpc) is 3.03.